The number of nitriles is 1. The summed E-state index contributed by atoms with van der Waals surface area (Å²) in [6, 6.07) is 24.6. The Bertz CT molecular complexity index is 1190. The van der Waals surface area contributed by atoms with Crippen molar-refractivity contribution in [2.75, 3.05) is 13.2 Å². The van der Waals surface area contributed by atoms with Crippen molar-refractivity contribution in [3.8, 4) is 17.6 Å². The summed E-state index contributed by atoms with van der Waals surface area (Å²) < 4.78 is 10.9. The van der Waals surface area contributed by atoms with Gasteiger partial charge in [0.25, 0.3) is 5.91 Å². The first-order chi connectivity index (χ1) is 17.1. The largest absolute Gasteiger partial charge is 0.490 e. The lowest BCUT2D eigenvalue weighted by atomic mass is 10.0. The van der Waals surface area contributed by atoms with Crippen LogP contribution in [0.1, 0.15) is 40.9 Å². The Kier molecular flexibility index (Phi) is 9.40. The second-order valence-electron chi connectivity index (χ2n) is 7.39. The fourth-order valence-corrected chi connectivity index (χ4v) is 3.28. The summed E-state index contributed by atoms with van der Waals surface area (Å²) in [6.45, 7) is 2.18. The van der Waals surface area contributed by atoms with Crippen LogP contribution in [0.3, 0.4) is 0 Å². The van der Waals surface area contributed by atoms with Gasteiger partial charge in [0, 0.05) is 5.56 Å². The molecule has 0 spiro atoms. The van der Waals surface area contributed by atoms with Crippen molar-refractivity contribution >= 4 is 18.0 Å². The first-order valence-electron chi connectivity index (χ1n) is 11.1. The molecule has 0 unspecified atom stereocenters. The average Bonchev–Trinajstić information content (AvgIpc) is 2.89. The van der Waals surface area contributed by atoms with Gasteiger partial charge in [-0.05, 0) is 48.4 Å². The summed E-state index contributed by atoms with van der Waals surface area (Å²) in [6.07, 6.45) is 1.49. The van der Waals surface area contributed by atoms with Gasteiger partial charge in [0.05, 0.1) is 25.3 Å². The van der Waals surface area contributed by atoms with Crippen molar-refractivity contribution in [1.82, 2.24) is 10.7 Å². The van der Waals surface area contributed by atoms with E-state index >= 15 is 0 Å². The number of amides is 2. The quantitative estimate of drug-likeness (QED) is 0.325. The summed E-state index contributed by atoms with van der Waals surface area (Å²) in [5.74, 6) is 0.306. The minimum Gasteiger partial charge on any atom is -0.490 e. The van der Waals surface area contributed by atoms with E-state index < -0.39 is 6.04 Å². The van der Waals surface area contributed by atoms with E-state index in [0.29, 0.717) is 29.2 Å². The molecule has 3 aromatic carbocycles. The zero-order valence-corrected chi connectivity index (χ0v) is 19.3. The zero-order valence-electron chi connectivity index (χ0n) is 19.3. The van der Waals surface area contributed by atoms with Gasteiger partial charge in [0.15, 0.2) is 18.1 Å². The Hall–Kier alpha value is -4.64. The molecule has 0 aliphatic rings. The molecule has 0 bridgehead atoms. The monoisotopic (exact) mass is 470 g/mol. The smallest absolute Gasteiger partial charge is 0.251 e. The van der Waals surface area contributed by atoms with Gasteiger partial charge >= 0.3 is 0 Å². The molecule has 0 saturated heterocycles. The lowest BCUT2D eigenvalue weighted by molar-refractivity contribution is -0.121. The number of nitrogens with zero attached hydrogens (tertiary/aromatic N) is 2. The Labute approximate surface area is 204 Å². The molecular weight excluding hydrogens is 444 g/mol. The van der Waals surface area contributed by atoms with E-state index in [1.165, 1.54) is 6.21 Å². The highest BCUT2D eigenvalue weighted by Crippen LogP contribution is 2.28. The predicted molar refractivity (Wildman–Crippen MR) is 132 cm³/mol. The maximum atomic E-state index is 12.7. The van der Waals surface area contributed by atoms with E-state index in [1.807, 2.05) is 49.4 Å². The molecule has 0 saturated carbocycles. The van der Waals surface area contributed by atoms with Gasteiger partial charge in [0.1, 0.15) is 6.07 Å². The Morgan fingerprint density at radius 1 is 1.00 bits per heavy atom. The fraction of sp³-hybridized carbons (Fsp3) is 0.185. The number of hydrazone groups is 1. The van der Waals surface area contributed by atoms with Crippen LogP contribution >= 0.6 is 0 Å². The molecule has 2 N–H and O–H groups in total. The fourth-order valence-electron chi connectivity index (χ4n) is 3.28. The van der Waals surface area contributed by atoms with Crippen LogP contribution in [-0.4, -0.2) is 31.2 Å². The zero-order chi connectivity index (χ0) is 24.9. The van der Waals surface area contributed by atoms with Crippen LogP contribution in [-0.2, 0) is 4.79 Å². The third kappa shape index (κ3) is 7.72. The normalized spacial score (nSPS) is 11.3. The average molecular weight is 471 g/mol. The molecule has 1 atom stereocenters. The molecule has 8 heteroatoms. The summed E-state index contributed by atoms with van der Waals surface area (Å²) in [4.78, 5) is 25.3. The van der Waals surface area contributed by atoms with Crippen LogP contribution in [0.4, 0.5) is 0 Å². The number of nitrogens with one attached hydrogen (secondary N) is 2. The van der Waals surface area contributed by atoms with Gasteiger partial charge in [-0.15, -0.1) is 0 Å². The standard InChI is InChI=1S/C27H26N4O4/c1-2-34-25-17-20(13-14-24(25)35-16-15-28)19-29-31-26(32)18-23(21-9-5-3-6-10-21)30-27(33)22-11-7-4-8-12-22/h3-14,17,19,23H,2,16,18H2,1H3,(H,30,33)(H,31,32)/b29-19-/t23-/m1/s1. The van der Waals surface area contributed by atoms with Gasteiger partial charge in [-0.2, -0.15) is 10.4 Å². The number of ether oxygens (including phenoxy) is 2. The summed E-state index contributed by atoms with van der Waals surface area (Å²) in [7, 11) is 0. The lowest BCUT2D eigenvalue weighted by Gasteiger charge is -2.18. The number of carbonyl (C=O) groups is 2. The van der Waals surface area contributed by atoms with Crippen LogP contribution in [0.5, 0.6) is 11.5 Å². The van der Waals surface area contributed by atoms with Crippen LogP contribution < -0.4 is 20.2 Å². The second-order valence-corrected chi connectivity index (χ2v) is 7.39. The van der Waals surface area contributed by atoms with E-state index in [9.17, 15) is 9.59 Å². The molecule has 0 aliphatic heterocycles. The van der Waals surface area contributed by atoms with Crippen molar-refractivity contribution in [2.24, 2.45) is 5.10 Å². The molecule has 178 valence electrons. The molecular formula is C27H26N4O4. The highest BCUT2D eigenvalue weighted by molar-refractivity contribution is 5.94. The highest BCUT2D eigenvalue weighted by Gasteiger charge is 2.19. The van der Waals surface area contributed by atoms with Gasteiger partial charge < -0.3 is 14.8 Å². The van der Waals surface area contributed by atoms with Crippen molar-refractivity contribution < 1.29 is 19.1 Å². The van der Waals surface area contributed by atoms with Crippen LogP contribution in [0.25, 0.3) is 0 Å². The van der Waals surface area contributed by atoms with Gasteiger partial charge in [-0.25, -0.2) is 5.43 Å². The van der Waals surface area contributed by atoms with E-state index in [1.54, 1.807) is 42.5 Å². The van der Waals surface area contributed by atoms with E-state index in [2.05, 4.69) is 15.8 Å². The van der Waals surface area contributed by atoms with Gasteiger partial charge in [0.2, 0.25) is 5.91 Å². The molecule has 0 heterocycles. The van der Waals surface area contributed by atoms with E-state index in [-0.39, 0.29) is 24.8 Å². The summed E-state index contributed by atoms with van der Waals surface area (Å²) in [5, 5.41) is 15.7. The lowest BCUT2D eigenvalue weighted by Crippen LogP contribution is -2.32. The second kappa shape index (κ2) is 13.2. The maximum Gasteiger partial charge on any atom is 0.251 e. The van der Waals surface area contributed by atoms with Crippen LogP contribution in [0.15, 0.2) is 84.0 Å². The molecule has 35 heavy (non-hydrogen) atoms. The van der Waals surface area contributed by atoms with Crippen molar-refractivity contribution in [3.63, 3.8) is 0 Å². The predicted octanol–water partition coefficient (Wildman–Crippen LogP) is 4.00. The van der Waals surface area contributed by atoms with Gasteiger partial charge in [-0.1, -0.05) is 48.5 Å². The third-order valence-electron chi connectivity index (χ3n) is 4.90. The Morgan fingerprint density at radius 3 is 2.40 bits per heavy atom. The number of carbonyl (C=O) groups excluding carboxylic acids is 2. The first-order valence-corrected chi connectivity index (χ1v) is 11.1. The summed E-state index contributed by atoms with van der Waals surface area (Å²) >= 11 is 0. The molecule has 0 fully saturated rings. The van der Waals surface area contributed by atoms with E-state index in [4.69, 9.17) is 14.7 Å². The molecule has 3 rings (SSSR count). The van der Waals surface area contributed by atoms with Crippen LogP contribution in [0.2, 0.25) is 0 Å². The van der Waals surface area contributed by atoms with Crippen molar-refractivity contribution in [3.05, 3.63) is 95.6 Å². The molecule has 2 amide bonds. The maximum absolute atomic E-state index is 12.7. The molecule has 0 radical (unpaired) electrons. The SMILES string of the molecule is CCOc1cc(/C=N\NC(=O)C[C@@H](NC(=O)c2ccccc2)c2ccccc2)ccc1OCC#N. The molecule has 0 aromatic heterocycles. The van der Waals surface area contributed by atoms with Crippen molar-refractivity contribution in [1.29, 1.82) is 5.26 Å². The molecule has 0 aliphatic carbocycles. The third-order valence-corrected chi connectivity index (χ3v) is 4.90. The van der Waals surface area contributed by atoms with Crippen LogP contribution in [0, 0.1) is 11.3 Å². The molecule has 3 aromatic rings. The Morgan fingerprint density at radius 2 is 1.71 bits per heavy atom. The Balaban J connectivity index is 1.65. The minimum absolute atomic E-state index is 0.00502. The minimum atomic E-state index is -0.528. The molecule has 8 nitrogen and oxygen atoms in total. The summed E-state index contributed by atoms with van der Waals surface area (Å²) in [5.41, 5.74) is 4.51. The highest BCUT2D eigenvalue weighted by atomic mass is 16.5. The number of benzene rings is 3. The van der Waals surface area contributed by atoms with Crippen molar-refractivity contribution in [2.45, 2.75) is 19.4 Å². The van der Waals surface area contributed by atoms with Gasteiger partial charge in [-0.3, -0.25) is 9.59 Å². The topological polar surface area (TPSA) is 113 Å². The van der Waals surface area contributed by atoms with E-state index in [0.717, 1.165) is 5.56 Å². The number of hydrogen-bond donors (Lipinski definition) is 2. The first kappa shape index (κ1) is 25.0. The number of hydrogen-bond acceptors (Lipinski definition) is 6. The number of rotatable bonds is 11.